The number of rotatable bonds is 4. The number of hydrogen-bond acceptors (Lipinski definition) is 3. The predicted octanol–water partition coefficient (Wildman–Crippen LogP) is 2.86. The molecule has 3 heteroatoms. The lowest BCUT2D eigenvalue weighted by molar-refractivity contribution is 0.180. The van der Waals surface area contributed by atoms with Crippen LogP contribution in [0.1, 0.15) is 31.7 Å². The fraction of sp³-hybridized carbons (Fsp3) is 0.600. The highest BCUT2D eigenvalue weighted by Gasteiger charge is 2.16. The molecule has 0 radical (unpaired) electrons. The Morgan fingerprint density at radius 1 is 1.28 bits per heavy atom. The molecule has 1 aliphatic rings. The zero-order chi connectivity index (χ0) is 13.0. The van der Waals surface area contributed by atoms with Crippen LogP contribution < -0.4 is 11.1 Å². The van der Waals surface area contributed by atoms with Gasteiger partial charge in [0.1, 0.15) is 0 Å². The number of hydrogen-bond donors (Lipinski definition) is 2. The van der Waals surface area contributed by atoms with Crippen LogP contribution in [0.2, 0.25) is 0 Å². The molecule has 1 aromatic rings. The van der Waals surface area contributed by atoms with Crippen molar-refractivity contribution in [3.05, 3.63) is 23.8 Å². The number of benzene rings is 1. The largest absolute Gasteiger partial charge is 0.397 e. The standard InChI is InChI=1S/C15H25N3/c1-12-7-6-8-14(16)15(12)17-11-13(2)18-9-4-3-5-10-18/h6-8,13,17H,3-5,9-11,16H2,1-2H3. The lowest BCUT2D eigenvalue weighted by atomic mass is 10.1. The van der Waals surface area contributed by atoms with Gasteiger partial charge in [0.2, 0.25) is 0 Å². The molecule has 1 saturated heterocycles. The van der Waals surface area contributed by atoms with Gasteiger partial charge in [0.05, 0.1) is 11.4 Å². The number of nitrogens with two attached hydrogens (primary N) is 1. The van der Waals surface area contributed by atoms with Crippen molar-refractivity contribution >= 4 is 11.4 Å². The van der Waals surface area contributed by atoms with E-state index in [0.29, 0.717) is 6.04 Å². The molecule has 0 amide bonds. The molecule has 3 N–H and O–H groups in total. The highest BCUT2D eigenvalue weighted by Crippen LogP contribution is 2.22. The van der Waals surface area contributed by atoms with Crippen molar-refractivity contribution in [3.8, 4) is 0 Å². The number of piperidine rings is 1. The van der Waals surface area contributed by atoms with Crippen molar-refractivity contribution in [2.24, 2.45) is 0 Å². The molecule has 2 rings (SSSR count). The maximum absolute atomic E-state index is 6.01. The first-order chi connectivity index (χ1) is 8.68. The van der Waals surface area contributed by atoms with Crippen molar-refractivity contribution in [1.29, 1.82) is 0 Å². The van der Waals surface area contributed by atoms with E-state index in [1.807, 2.05) is 12.1 Å². The van der Waals surface area contributed by atoms with Crippen LogP contribution in [0.15, 0.2) is 18.2 Å². The van der Waals surface area contributed by atoms with Gasteiger partial charge in [0, 0.05) is 12.6 Å². The van der Waals surface area contributed by atoms with Gasteiger partial charge in [-0.05, 0) is 51.4 Å². The summed E-state index contributed by atoms with van der Waals surface area (Å²) >= 11 is 0. The molecule has 1 aliphatic heterocycles. The third kappa shape index (κ3) is 3.16. The lowest BCUT2D eigenvalue weighted by Crippen LogP contribution is -2.41. The topological polar surface area (TPSA) is 41.3 Å². The third-order valence-electron chi connectivity index (χ3n) is 3.89. The molecule has 0 bridgehead atoms. The van der Waals surface area contributed by atoms with Crippen molar-refractivity contribution < 1.29 is 0 Å². The number of aryl methyl sites for hydroxylation is 1. The molecule has 1 heterocycles. The Kier molecular flexibility index (Phi) is 4.48. The summed E-state index contributed by atoms with van der Waals surface area (Å²) < 4.78 is 0. The quantitative estimate of drug-likeness (QED) is 0.804. The summed E-state index contributed by atoms with van der Waals surface area (Å²) in [5, 5.41) is 3.51. The van der Waals surface area contributed by atoms with Gasteiger partial charge in [-0.15, -0.1) is 0 Å². The Morgan fingerprint density at radius 2 is 2.00 bits per heavy atom. The summed E-state index contributed by atoms with van der Waals surface area (Å²) in [4.78, 5) is 2.57. The Bertz CT molecular complexity index is 363. The van der Waals surface area contributed by atoms with Crippen LogP contribution in [0.5, 0.6) is 0 Å². The van der Waals surface area contributed by atoms with E-state index >= 15 is 0 Å². The van der Waals surface area contributed by atoms with Gasteiger partial charge < -0.3 is 11.1 Å². The van der Waals surface area contributed by atoms with Crippen molar-refractivity contribution in [3.63, 3.8) is 0 Å². The highest BCUT2D eigenvalue weighted by atomic mass is 15.2. The third-order valence-corrected chi connectivity index (χ3v) is 3.89. The van der Waals surface area contributed by atoms with E-state index in [9.17, 15) is 0 Å². The van der Waals surface area contributed by atoms with Crippen molar-refractivity contribution in [1.82, 2.24) is 4.90 Å². The summed E-state index contributed by atoms with van der Waals surface area (Å²) in [5.74, 6) is 0. The number of nitrogens with one attached hydrogen (secondary N) is 1. The minimum Gasteiger partial charge on any atom is -0.397 e. The van der Waals surface area contributed by atoms with Crippen molar-refractivity contribution in [2.75, 3.05) is 30.7 Å². The van der Waals surface area contributed by atoms with E-state index in [0.717, 1.165) is 17.9 Å². The van der Waals surface area contributed by atoms with Gasteiger partial charge in [0.25, 0.3) is 0 Å². The molecular weight excluding hydrogens is 222 g/mol. The average Bonchev–Trinajstić information content (AvgIpc) is 2.39. The summed E-state index contributed by atoms with van der Waals surface area (Å²) in [6, 6.07) is 6.64. The van der Waals surface area contributed by atoms with E-state index in [4.69, 9.17) is 5.73 Å². The van der Waals surface area contributed by atoms with E-state index < -0.39 is 0 Å². The number of nitrogens with zero attached hydrogens (tertiary/aromatic N) is 1. The second kappa shape index (κ2) is 6.10. The molecule has 1 unspecified atom stereocenters. The monoisotopic (exact) mass is 247 g/mol. The maximum Gasteiger partial charge on any atom is 0.0604 e. The maximum atomic E-state index is 6.01. The smallest absolute Gasteiger partial charge is 0.0604 e. The van der Waals surface area contributed by atoms with Gasteiger partial charge in [-0.25, -0.2) is 0 Å². The first kappa shape index (κ1) is 13.2. The zero-order valence-corrected chi connectivity index (χ0v) is 11.6. The molecule has 1 fully saturated rings. The van der Waals surface area contributed by atoms with Crippen LogP contribution in [0.25, 0.3) is 0 Å². The summed E-state index contributed by atoms with van der Waals surface area (Å²) in [7, 11) is 0. The highest BCUT2D eigenvalue weighted by molar-refractivity contribution is 5.69. The van der Waals surface area contributed by atoms with E-state index in [-0.39, 0.29) is 0 Å². The lowest BCUT2D eigenvalue weighted by Gasteiger charge is -2.32. The van der Waals surface area contributed by atoms with Crippen molar-refractivity contribution in [2.45, 2.75) is 39.2 Å². The molecule has 18 heavy (non-hydrogen) atoms. The molecular formula is C15H25N3. The van der Waals surface area contributed by atoms with Crippen LogP contribution >= 0.6 is 0 Å². The molecule has 0 aliphatic carbocycles. The second-order valence-corrected chi connectivity index (χ2v) is 5.37. The first-order valence-electron chi connectivity index (χ1n) is 7.01. The van der Waals surface area contributed by atoms with Crippen LogP contribution in [-0.4, -0.2) is 30.6 Å². The Labute approximate surface area is 110 Å². The van der Waals surface area contributed by atoms with E-state index in [1.165, 1.54) is 37.9 Å². The normalized spacial score (nSPS) is 18.6. The zero-order valence-electron chi connectivity index (χ0n) is 11.6. The Morgan fingerprint density at radius 3 is 2.67 bits per heavy atom. The van der Waals surface area contributed by atoms with Gasteiger partial charge in [0.15, 0.2) is 0 Å². The van der Waals surface area contributed by atoms with E-state index in [1.54, 1.807) is 0 Å². The number of nitrogen functional groups attached to an aromatic ring is 1. The SMILES string of the molecule is Cc1cccc(N)c1NCC(C)N1CCCCC1. The fourth-order valence-electron chi connectivity index (χ4n) is 2.67. The molecule has 1 aromatic carbocycles. The van der Waals surface area contributed by atoms with Gasteiger partial charge in [-0.2, -0.15) is 0 Å². The van der Waals surface area contributed by atoms with Gasteiger partial charge >= 0.3 is 0 Å². The van der Waals surface area contributed by atoms with E-state index in [2.05, 4.69) is 30.1 Å². The molecule has 100 valence electrons. The number of anilines is 2. The fourth-order valence-corrected chi connectivity index (χ4v) is 2.67. The minimum atomic E-state index is 0.573. The molecule has 0 saturated carbocycles. The van der Waals surface area contributed by atoms with Crippen LogP contribution in [0.4, 0.5) is 11.4 Å². The minimum absolute atomic E-state index is 0.573. The van der Waals surface area contributed by atoms with Crippen LogP contribution in [0, 0.1) is 6.92 Å². The Balaban J connectivity index is 1.90. The first-order valence-corrected chi connectivity index (χ1v) is 7.01. The number of likely N-dealkylation sites (tertiary alicyclic amines) is 1. The molecule has 0 aromatic heterocycles. The molecule has 0 spiro atoms. The number of para-hydroxylation sites is 1. The summed E-state index contributed by atoms with van der Waals surface area (Å²) in [6.07, 6.45) is 4.08. The summed E-state index contributed by atoms with van der Waals surface area (Å²) in [5.41, 5.74) is 9.18. The van der Waals surface area contributed by atoms with Gasteiger partial charge in [-0.1, -0.05) is 18.6 Å². The second-order valence-electron chi connectivity index (χ2n) is 5.37. The predicted molar refractivity (Wildman–Crippen MR) is 79.0 cm³/mol. The molecule has 1 atom stereocenters. The summed E-state index contributed by atoms with van der Waals surface area (Å²) in [6.45, 7) is 7.85. The van der Waals surface area contributed by atoms with Crippen LogP contribution in [-0.2, 0) is 0 Å². The average molecular weight is 247 g/mol. The Hall–Kier alpha value is -1.22. The molecule has 3 nitrogen and oxygen atoms in total. The van der Waals surface area contributed by atoms with Gasteiger partial charge in [-0.3, -0.25) is 4.90 Å². The van der Waals surface area contributed by atoms with Crippen LogP contribution in [0.3, 0.4) is 0 Å².